The minimum Gasteiger partial charge on any atom is -0.489 e. The van der Waals surface area contributed by atoms with Crippen LogP contribution in [0.25, 0.3) is 0 Å². The third-order valence-electron chi connectivity index (χ3n) is 5.64. The molecule has 0 aromatic heterocycles. The highest BCUT2D eigenvalue weighted by Gasteiger charge is 2.34. The summed E-state index contributed by atoms with van der Waals surface area (Å²) in [6, 6.07) is 21.3. The van der Waals surface area contributed by atoms with Gasteiger partial charge in [-0.3, -0.25) is 4.79 Å². The predicted octanol–water partition coefficient (Wildman–Crippen LogP) is 5.61. The maximum Gasteiger partial charge on any atom is 0.244 e. The highest BCUT2D eigenvalue weighted by molar-refractivity contribution is 7.89. The van der Waals surface area contributed by atoms with E-state index >= 15 is 0 Å². The van der Waals surface area contributed by atoms with E-state index < -0.39 is 15.9 Å². The first-order valence-electron chi connectivity index (χ1n) is 10.9. The molecule has 3 aromatic carbocycles. The van der Waals surface area contributed by atoms with Crippen molar-refractivity contribution in [3.63, 3.8) is 0 Å². The smallest absolute Gasteiger partial charge is 0.244 e. The summed E-state index contributed by atoms with van der Waals surface area (Å²) in [5.41, 5.74) is 1.69. The second kappa shape index (κ2) is 10.8. The van der Waals surface area contributed by atoms with E-state index in [1.807, 2.05) is 30.3 Å². The summed E-state index contributed by atoms with van der Waals surface area (Å²) in [6.45, 7) is 0.854. The average molecular weight is 519 g/mol. The number of benzene rings is 3. The summed E-state index contributed by atoms with van der Waals surface area (Å²) < 4.78 is 33.3. The van der Waals surface area contributed by atoms with Gasteiger partial charge in [-0.2, -0.15) is 4.31 Å². The molecule has 1 amide bonds. The molecule has 0 radical (unpaired) electrons. The maximum absolute atomic E-state index is 13.1. The van der Waals surface area contributed by atoms with Crippen LogP contribution in [-0.2, 0) is 21.4 Å². The highest BCUT2D eigenvalue weighted by atomic mass is 35.5. The van der Waals surface area contributed by atoms with Gasteiger partial charge in [-0.05, 0) is 60.9 Å². The maximum atomic E-state index is 13.1. The molecule has 0 bridgehead atoms. The average Bonchev–Trinajstić information content (AvgIpc) is 2.85. The summed E-state index contributed by atoms with van der Waals surface area (Å²) in [5, 5.41) is 3.27. The Morgan fingerprint density at radius 2 is 1.76 bits per heavy atom. The van der Waals surface area contributed by atoms with Crippen LogP contribution in [0, 0.1) is 5.92 Å². The third-order valence-corrected chi connectivity index (χ3v) is 8.22. The van der Waals surface area contributed by atoms with Crippen molar-refractivity contribution >= 4 is 44.8 Å². The van der Waals surface area contributed by atoms with Gasteiger partial charge in [0.2, 0.25) is 15.9 Å². The van der Waals surface area contributed by atoms with E-state index in [0.717, 1.165) is 5.56 Å². The second-order valence-corrected chi connectivity index (χ2v) is 10.8. The van der Waals surface area contributed by atoms with Crippen molar-refractivity contribution in [2.45, 2.75) is 24.3 Å². The number of carbonyl (C=O) groups is 1. The van der Waals surface area contributed by atoms with Crippen molar-refractivity contribution in [1.82, 2.24) is 4.31 Å². The first-order chi connectivity index (χ1) is 16.3. The predicted molar refractivity (Wildman–Crippen MR) is 134 cm³/mol. The number of amides is 1. The first-order valence-corrected chi connectivity index (χ1v) is 13.1. The van der Waals surface area contributed by atoms with Crippen molar-refractivity contribution in [2.24, 2.45) is 5.92 Å². The number of carbonyl (C=O) groups excluding carboxylic acids is 1. The van der Waals surface area contributed by atoms with Crippen LogP contribution in [0.1, 0.15) is 18.4 Å². The molecule has 0 unspecified atom stereocenters. The van der Waals surface area contributed by atoms with Gasteiger partial charge in [-0.15, -0.1) is 0 Å². The van der Waals surface area contributed by atoms with E-state index in [9.17, 15) is 13.2 Å². The lowest BCUT2D eigenvalue weighted by atomic mass is 9.99. The minimum atomic E-state index is -3.87. The standard InChI is InChI=1S/C25H24Cl2N2O4S/c26-20-8-13-23(27)24(15-20)34(31,32)29-14-4-7-19(16-29)25(30)28-21-9-11-22(12-10-21)33-17-18-5-2-1-3-6-18/h1-3,5-6,8-13,15,19H,4,7,14,16-17H2,(H,28,30)/t19-/m1/s1. The summed E-state index contributed by atoms with van der Waals surface area (Å²) in [4.78, 5) is 12.8. The molecule has 9 heteroatoms. The van der Waals surface area contributed by atoms with Crippen LogP contribution in [-0.4, -0.2) is 31.7 Å². The molecule has 1 aliphatic heterocycles. The fourth-order valence-corrected chi connectivity index (χ4v) is 6.07. The molecule has 34 heavy (non-hydrogen) atoms. The topological polar surface area (TPSA) is 75.7 Å². The zero-order chi connectivity index (χ0) is 24.1. The SMILES string of the molecule is O=C(Nc1ccc(OCc2ccccc2)cc1)[C@@H]1CCCN(S(=O)(=O)c2cc(Cl)ccc2Cl)C1. The van der Waals surface area contributed by atoms with Crippen LogP contribution in [0.15, 0.2) is 77.7 Å². The van der Waals surface area contributed by atoms with Crippen LogP contribution < -0.4 is 10.1 Å². The summed E-state index contributed by atoms with van der Waals surface area (Å²) >= 11 is 12.1. The van der Waals surface area contributed by atoms with E-state index in [1.165, 1.54) is 22.5 Å². The van der Waals surface area contributed by atoms with Crippen molar-refractivity contribution in [2.75, 3.05) is 18.4 Å². The van der Waals surface area contributed by atoms with Crippen molar-refractivity contribution < 1.29 is 17.9 Å². The number of hydrogen-bond acceptors (Lipinski definition) is 4. The van der Waals surface area contributed by atoms with Gasteiger partial charge in [0.05, 0.1) is 10.9 Å². The van der Waals surface area contributed by atoms with E-state index in [-0.39, 0.29) is 27.4 Å². The number of halogens is 2. The molecule has 4 rings (SSSR count). The van der Waals surface area contributed by atoms with Crippen molar-refractivity contribution in [1.29, 1.82) is 0 Å². The molecule has 178 valence electrons. The fraction of sp³-hybridized carbons (Fsp3) is 0.240. The first kappa shape index (κ1) is 24.5. The molecule has 1 aliphatic rings. The van der Waals surface area contributed by atoms with E-state index in [1.54, 1.807) is 24.3 Å². The Hall–Kier alpha value is -2.58. The number of sulfonamides is 1. The van der Waals surface area contributed by atoms with Crippen LogP contribution in [0.3, 0.4) is 0 Å². The number of rotatable bonds is 7. The van der Waals surface area contributed by atoms with Crippen LogP contribution in [0.5, 0.6) is 5.75 Å². The Balaban J connectivity index is 1.37. The zero-order valence-corrected chi connectivity index (χ0v) is 20.6. The van der Waals surface area contributed by atoms with Gasteiger partial charge in [0.1, 0.15) is 17.3 Å². The number of hydrogen-bond donors (Lipinski definition) is 1. The molecule has 0 aliphatic carbocycles. The highest BCUT2D eigenvalue weighted by Crippen LogP contribution is 2.31. The summed E-state index contributed by atoms with van der Waals surface area (Å²) in [6.07, 6.45) is 1.17. The lowest BCUT2D eigenvalue weighted by Crippen LogP contribution is -2.43. The molecule has 1 heterocycles. The Morgan fingerprint density at radius 1 is 1.03 bits per heavy atom. The molecule has 6 nitrogen and oxygen atoms in total. The lowest BCUT2D eigenvalue weighted by molar-refractivity contribution is -0.120. The molecule has 3 aromatic rings. The molecule has 1 N–H and O–H groups in total. The molecular formula is C25H24Cl2N2O4S. The molecule has 1 saturated heterocycles. The lowest BCUT2D eigenvalue weighted by Gasteiger charge is -2.31. The van der Waals surface area contributed by atoms with Gasteiger partial charge in [0.25, 0.3) is 0 Å². The van der Waals surface area contributed by atoms with Gasteiger partial charge >= 0.3 is 0 Å². The van der Waals surface area contributed by atoms with E-state index in [2.05, 4.69) is 5.32 Å². The summed E-state index contributed by atoms with van der Waals surface area (Å²) in [5.74, 6) is -0.0132. The van der Waals surface area contributed by atoms with Gasteiger partial charge in [0.15, 0.2) is 0 Å². The summed E-state index contributed by atoms with van der Waals surface area (Å²) in [7, 11) is -3.87. The van der Waals surface area contributed by atoms with Crippen LogP contribution in [0.2, 0.25) is 10.0 Å². The largest absolute Gasteiger partial charge is 0.489 e. The molecule has 0 saturated carbocycles. The van der Waals surface area contributed by atoms with Crippen LogP contribution >= 0.6 is 23.2 Å². The molecule has 1 atom stereocenters. The number of anilines is 1. The number of ether oxygens (including phenoxy) is 1. The Morgan fingerprint density at radius 3 is 2.50 bits per heavy atom. The van der Waals surface area contributed by atoms with Gasteiger partial charge in [-0.1, -0.05) is 53.5 Å². The minimum absolute atomic E-state index is 0.0474. The number of nitrogens with zero attached hydrogens (tertiary/aromatic N) is 1. The normalized spacial score (nSPS) is 16.7. The quantitative estimate of drug-likeness (QED) is 0.440. The van der Waals surface area contributed by atoms with E-state index in [4.69, 9.17) is 27.9 Å². The Kier molecular flexibility index (Phi) is 7.78. The third kappa shape index (κ3) is 5.91. The van der Waals surface area contributed by atoms with Crippen molar-refractivity contribution in [3.8, 4) is 5.75 Å². The van der Waals surface area contributed by atoms with Crippen molar-refractivity contribution in [3.05, 3.63) is 88.4 Å². The Labute approximate surface area is 209 Å². The van der Waals surface area contributed by atoms with Crippen LogP contribution in [0.4, 0.5) is 5.69 Å². The number of nitrogens with one attached hydrogen (secondary N) is 1. The zero-order valence-electron chi connectivity index (χ0n) is 18.3. The van der Waals surface area contributed by atoms with Gasteiger partial charge in [-0.25, -0.2) is 8.42 Å². The monoisotopic (exact) mass is 518 g/mol. The number of piperidine rings is 1. The molecule has 0 spiro atoms. The second-order valence-electron chi connectivity index (χ2n) is 8.06. The van der Waals surface area contributed by atoms with E-state index in [0.29, 0.717) is 37.4 Å². The fourth-order valence-electron chi connectivity index (χ4n) is 3.81. The Bertz CT molecular complexity index is 1250. The molecular weight excluding hydrogens is 495 g/mol. The van der Waals surface area contributed by atoms with Gasteiger partial charge in [0, 0.05) is 23.8 Å². The molecule has 1 fully saturated rings. The van der Waals surface area contributed by atoms with Gasteiger partial charge < -0.3 is 10.1 Å².